The monoisotopic (exact) mass is 504 g/mol. The van der Waals surface area contributed by atoms with Crippen molar-refractivity contribution < 1.29 is 14.5 Å². The van der Waals surface area contributed by atoms with Gasteiger partial charge in [0, 0.05) is 39.7 Å². The molecule has 4 rings (SSSR count). The average Bonchev–Trinajstić information content (AvgIpc) is 3.20. The number of hydrogen-bond donors (Lipinski definition) is 2. The molecule has 0 saturated heterocycles. The molecule has 0 spiro atoms. The Bertz CT molecular complexity index is 1460. The van der Waals surface area contributed by atoms with Crippen LogP contribution >= 0.6 is 22.9 Å². The van der Waals surface area contributed by atoms with E-state index in [1.165, 1.54) is 24.4 Å². The van der Waals surface area contributed by atoms with Gasteiger partial charge in [0.25, 0.3) is 17.5 Å². The zero-order valence-electron chi connectivity index (χ0n) is 18.0. The summed E-state index contributed by atoms with van der Waals surface area (Å²) >= 11 is 7.40. The van der Waals surface area contributed by atoms with Gasteiger partial charge in [0.1, 0.15) is 4.88 Å². The third-order valence-electron chi connectivity index (χ3n) is 4.85. The van der Waals surface area contributed by atoms with Crippen molar-refractivity contribution in [1.29, 1.82) is 0 Å². The van der Waals surface area contributed by atoms with Crippen LogP contribution in [0, 0.1) is 10.1 Å². The SMILES string of the molecule is O=C(N/N=C\C=C\c1ccccc1)c1ccc(NC(=O)c2sc3cc([N+](=O)[O-])ccc3c2Cl)cc1. The fourth-order valence-electron chi connectivity index (χ4n) is 3.13. The van der Waals surface area contributed by atoms with E-state index >= 15 is 0 Å². The number of thiophene rings is 1. The molecule has 35 heavy (non-hydrogen) atoms. The molecule has 0 unspecified atom stereocenters. The highest BCUT2D eigenvalue weighted by atomic mass is 35.5. The van der Waals surface area contributed by atoms with E-state index in [-0.39, 0.29) is 15.6 Å². The minimum atomic E-state index is -0.503. The Balaban J connectivity index is 1.37. The van der Waals surface area contributed by atoms with Crippen molar-refractivity contribution in [3.8, 4) is 0 Å². The fraction of sp³-hybridized carbons (Fsp3) is 0. The van der Waals surface area contributed by atoms with Crippen LogP contribution in [0.2, 0.25) is 5.02 Å². The molecule has 0 aliphatic rings. The van der Waals surface area contributed by atoms with Gasteiger partial charge in [-0.25, -0.2) is 5.43 Å². The minimum Gasteiger partial charge on any atom is -0.321 e. The molecule has 2 amide bonds. The number of halogens is 1. The van der Waals surface area contributed by atoms with Crippen LogP contribution < -0.4 is 10.7 Å². The van der Waals surface area contributed by atoms with Gasteiger partial charge in [0.2, 0.25) is 0 Å². The molecule has 2 N–H and O–H groups in total. The third kappa shape index (κ3) is 5.78. The van der Waals surface area contributed by atoms with Gasteiger partial charge in [0.15, 0.2) is 0 Å². The van der Waals surface area contributed by atoms with Crippen molar-refractivity contribution in [3.05, 3.63) is 110 Å². The van der Waals surface area contributed by atoms with Crippen molar-refractivity contribution >= 4 is 68.5 Å². The Morgan fingerprint density at radius 1 is 1.00 bits per heavy atom. The fourth-order valence-corrected chi connectivity index (χ4v) is 4.57. The van der Waals surface area contributed by atoms with Gasteiger partial charge in [0.05, 0.1) is 9.95 Å². The van der Waals surface area contributed by atoms with Crippen LogP contribution in [0.25, 0.3) is 16.2 Å². The number of nitrogens with one attached hydrogen (secondary N) is 2. The number of benzene rings is 3. The Labute approximate surface area is 208 Å². The zero-order valence-corrected chi connectivity index (χ0v) is 19.5. The number of hydrogen-bond acceptors (Lipinski definition) is 6. The molecular formula is C25H17ClN4O4S. The molecule has 0 radical (unpaired) electrons. The van der Waals surface area contributed by atoms with Gasteiger partial charge in [-0.15, -0.1) is 11.3 Å². The highest BCUT2D eigenvalue weighted by Crippen LogP contribution is 2.37. The number of carbonyl (C=O) groups is 2. The Hall–Kier alpha value is -4.34. The van der Waals surface area contributed by atoms with Crippen LogP contribution in [0.15, 0.2) is 84.0 Å². The number of nitrogens with zero attached hydrogens (tertiary/aromatic N) is 2. The van der Waals surface area contributed by atoms with Crippen LogP contribution in [-0.2, 0) is 0 Å². The normalized spacial score (nSPS) is 11.2. The second-order valence-electron chi connectivity index (χ2n) is 7.20. The molecule has 1 aromatic heterocycles. The lowest BCUT2D eigenvalue weighted by atomic mass is 10.2. The van der Waals surface area contributed by atoms with E-state index < -0.39 is 16.7 Å². The van der Waals surface area contributed by atoms with E-state index in [2.05, 4.69) is 15.8 Å². The summed E-state index contributed by atoms with van der Waals surface area (Å²) in [6.07, 6.45) is 5.05. The number of nitro benzene ring substituents is 1. The van der Waals surface area contributed by atoms with Gasteiger partial charge in [-0.1, -0.05) is 48.0 Å². The first-order chi connectivity index (χ1) is 16.9. The van der Waals surface area contributed by atoms with Crippen molar-refractivity contribution in [2.24, 2.45) is 5.10 Å². The highest BCUT2D eigenvalue weighted by molar-refractivity contribution is 7.21. The van der Waals surface area contributed by atoms with E-state index in [9.17, 15) is 19.7 Å². The molecule has 10 heteroatoms. The molecule has 0 aliphatic heterocycles. The molecule has 174 valence electrons. The average molecular weight is 505 g/mol. The maximum Gasteiger partial charge on any atom is 0.271 e. The summed E-state index contributed by atoms with van der Waals surface area (Å²) in [6.45, 7) is 0. The van der Waals surface area contributed by atoms with Crippen LogP contribution in [0.5, 0.6) is 0 Å². The second kappa shape index (κ2) is 10.7. The van der Waals surface area contributed by atoms with Crippen LogP contribution in [0.3, 0.4) is 0 Å². The lowest BCUT2D eigenvalue weighted by molar-refractivity contribution is -0.384. The van der Waals surface area contributed by atoms with Gasteiger partial charge in [-0.2, -0.15) is 5.10 Å². The van der Waals surface area contributed by atoms with Crippen LogP contribution in [-0.4, -0.2) is 23.0 Å². The molecule has 0 aliphatic carbocycles. The standard InChI is InChI=1S/C25H17ClN4O4S/c26-22-20-13-12-19(30(33)34)15-21(20)35-23(22)25(32)28-18-10-8-17(9-11-18)24(31)29-27-14-4-7-16-5-2-1-3-6-16/h1-15H,(H,28,32)(H,29,31)/b7-4+,27-14-. The van der Waals surface area contributed by atoms with E-state index in [4.69, 9.17) is 11.6 Å². The number of hydrazone groups is 1. The van der Waals surface area contributed by atoms with Crippen molar-refractivity contribution in [3.63, 3.8) is 0 Å². The summed E-state index contributed by atoms with van der Waals surface area (Å²) in [6, 6.07) is 20.2. The van der Waals surface area contributed by atoms with Gasteiger partial charge in [-0.3, -0.25) is 19.7 Å². The summed E-state index contributed by atoms with van der Waals surface area (Å²) < 4.78 is 0.542. The van der Waals surface area contributed by atoms with E-state index in [0.717, 1.165) is 16.9 Å². The summed E-state index contributed by atoms with van der Waals surface area (Å²) in [4.78, 5) is 35.7. The summed E-state index contributed by atoms with van der Waals surface area (Å²) in [5, 5.41) is 18.4. The number of nitro groups is 1. The quantitative estimate of drug-likeness (QED) is 0.178. The summed E-state index contributed by atoms with van der Waals surface area (Å²) in [5.74, 6) is -0.854. The summed E-state index contributed by atoms with van der Waals surface area (Å²) in [5.41, 5.74) is 4.19. The Kier molecular flexibility index (Phi) is 7.30. The van der Waals surface area contributed by atoms with E-state index in [1.807, 2.05) is 36.4 Å². The van der Waals surface area contributed by atoms with Crippen LogP contribution in [0.4, 0.5) is 11.4 Å². The molecule has 0 bridgehead atoms. The largest absolute Gasteiger partial charge is 0.321 e. The maximum atomic E-state index is 12.7. The van der Waals surface area contributed by atoms with Gasteiger partial charge < -0.3 is 5.32 Å². The predicted molar refractivity (Wildman–Crippen MR) is 139 cm³/mol. The molecule has 4 aromatic rings. The van der Waals surface area contributed by atoms with E-state index in [1.54, 1.807) is 30.3 Å². The zero-order chi connectivity index (χ0) is 24.8. The maximum absolute atomic E-state index is 12.7. The number of allylic oxidation sites excluding steroid dienone is 1. The molecular weight excluding hydrogens is 488 g/mol. The van der Waals surface area contributed by atoms with Crippen molar-refractivity contribution in [1.82, 2.24) is 5.43 Å². The number of fused-ring (bicyclic) bond motifs is 1. The lowest BCUT2D eigenvalue weighted by Crippen LogP contribution is -2.17. The topological polar surface area (TPSA) is 114 Å². The van der Waals surface area contributed by atoms with Crippen molar-refractivity contribution in [2.45, 2.75) is 0 Å². The first-order valence-electron chi connectivity index (χ1n) is 10.3. The molecule has 0 fully saturated rings. The molecule has 3 aromatic carbocycles. The Morgan fingerprint density at radius 2 is 1.74 bits per heavy atom. The highest BCUT2D eigenvalue weighted by Gasteiger charge is 2.19. The Morgan fingerprint density at radius 3 is 2.46 bits per heavy atom. The number of anilines is 1. The number of amides is 2. The minimum absolute atomic E-state index is 0.0761. The lowest BCUT2D eigenvalue weighted by Gasteiger charge is -2.05. The third-order valence-corrected chi connectivity index (χ3v) is 6.51. The second-order valence-corrected chi connectivity index (χ2v) is 8.63. The molecule has 1 heterocycles. The first-order valence-corrected chi connectivity index (χ1v) is 11.4. The molecule has 0 saturated carbocycles. The number of carbonyl (C=O) groups excluding carboxylic acids is 2. The van der Waals surface area contributed by atoms with Gasteiger partial charge >= 0.3 is 0 Å². The first kappa shape index (κ1) is 23.8. The number of non-ortho nitro benzene ring substituents is 1. The summed E-state index contributed by atoms with van der Waals surface area (Å²) in [7, 11) is 0. The van der Waals surface area contributed by atoms with Gasteiger partial charge in [-0.05, 0) is 42.0 Å². The molecule has 8 nitrogen and oxygen atoms in total. The van der Waals surface area contributed by atoms with Crippen molar-refractivity contribution in [2.75, 3.05) is 5.32 Å². The predicted octanol–water partition coefficient (Wildman–Crippen LogP) is 6.14. The number of rotatable bonds is 7. The van der Waals surface area contributed by atoms with E-state index in [0.29, 0.717) is 21.3 Å². The molecule has 0 atom stereocenters. The smallest absolute Gasteiger partial charge is 0.271 e. The van der Waals surface area contributed by atoms with Crippen LogP contribution in [0.1, 0.15) is 25.6 Å².